The standard InChI is InChI=1S/C18H14N4O4/c1-7-4-13(23)20-11-6-12(8(2)3-9(7)11)22-14(24)5-10-15(16(22)19)18(26)21-17(10)25/h3-6H,19H2,1-2H3,(H,20,23)(H,21,25,26). The van der Waals surface area contributed by atoms with Crippen LogP contribution in [-0.4, -0.2) is 21.4 Å². The van der Waals surface area contributed by atoms with Crippen LogP contribution >= 0.6 is 0 Å². The number of nitrogens with one attached hydrogen (secondary N) is 2. The van der Waals surface area contributed by atoms with Gasteiger partial charge in [-0.05, 0) is 37.1 Å². The van der Waals surface area contributed by atoms with E-state index in [1.807, 2.05) is 13.0 Å². The molecule has 0 radical (unpaired) electrons. The number of imide groups is 1. The summed E-state index contributed by atoms with van der Waals surface area (Å²) in [6.07, 6.45) is 0. The van der Waals surface area contributed by atoms with Crippen LogP contribution in [-0.2, 0) is 0 Å². The second-order valence-electron chi connectivity index (χ2n) is 6.28. The fourth-order valence-corrected chi connectivity index (χ4v) is 3.34. The molecule has 0 fully saturated rings. The number of nitrogen functional groups attached to an aromatic ring is 1. The number of carbonyl (C=O) groups is 2. The van der Waals surface area contributed by atoms with Crippen LogP contribution in [0.4, 0.5) is 5.82 Å². The lowest BCUT2D eigenvalue weighted by Gasteiger charge is -2.15. The van der Waals surface area contributed by atoms with Gasteiger partial charge in [0.25, 0.3) is 17.4 Å². The van der Waals surface area contributed by atoms with Crippen molar-refractivity contribution in [2.75, 3.05) is 5.73 Å². The first-order chi connectivity index (χ1) is 12.3. The Balaban J connectivity index is 2.09. The van der Waals surface area contributed by atoms with Crippen LogP contribution in [0.3, 0.4) is 0 Å². The van der Waals surface area contributed by atoms with E-state index < -0.39 is 17.4 Å². The van der Waals surface area contributed by atoms with Crippen LogP contribution in [0.25, 0.3) is 16.6 Å². The summed E-state index contributed by atoms with van der Waals surface area (Å²) in [7, 11) is 0. The highest BCUT2D eigenvalue weighted by Gasteiger charge is 2.32. The molecule has 1 aliphatic rings. The summed E-state index contributed by atoms with van der Waals surface area (Å²) >= 11 is 0. The van der Waals surface area contributed by atoms with E-state index in [1.165, 1.54) is 10.6 Å². The number of anilines is 1. The SMILES string of the molecule is Cc1cc2c(C)cc(=O)[nH]c2cc1-n1c(N)c2c(cc1=O)C(=O)NC2=O. The fraction of sp³-hybridized carbons (Fsp3) is 0.111. The van der Waals surface area contributed by atoms with Crippen molar-refractivity contribution < 1.29 is 9.59 Å². The van der Waals surface area contributed by atoms with Gasteiger partial charge in [0, 0.05) is 17.5 Å². The predicted molar refractivity (Wildman–Crippen MR) is 95.8 cm³/mol. The molecule has 1 aliphatic heterocycles. The summed E-state index contributed by atoms with van der Waals surface area (Å²) in [5, 5.41) is 2.97. The van der Waals surface area contributed by atoms with E-state index in [4.69, 9.17) is 5.73 Å². The summed E-state index contributed by atoms with van der Waals surface area (Å²) < 4.78 is 1.17. The number of hydrogen-bond donors (Lipinski definition) is 3. The molecule has 4 rings (SSSR count). The molecule has 8 heteroatoms. The molecule has 0 unspecified atom stereocenters. The minimum atomic E-state index is -0.642. The molecule has 2 aromatic heterocycles. The molecule has 130 valence electrons. The Kier molecular flexibility index (Phi) is 3.14. The van der Waals surface area contributed by atoms with Crippen LogP contribution in [0.1, 0.15) is 31.8 Å². The fourth-order valence-electron chi connectivity index (χ4n) is 3.34. The lowest BCUT2D eigenvalue weighted by atomic mass is 10.0. The largest absolute Gasteiger partial charge is 0.384 e. The topological polar surface area (TPSA) is 127 Å². The first kappa shape index (κ1) is 15.8. The van der Waals surface area contributed by atoms with Crippen molar-refractivity contribution in [3.8, 4) is 5.69 Å². The second-order valence-corrected chi connectivity index (χ2v) is 6.28. The molecule has 2 amide bonds. The zero-order valence-corrected chi connectivity index (χ0v) is 14.0. The Bertz CT molecular complexity index is 1270. The highest BCUT2D eigenvalue weighted by atomic mass is 16.2. The summed E-state index contributed by atoms with van der Waals surface area (Å²) in [4.78, 5) is 50.9. The van der Waals surface area contributed by atoms with Gasteiger partial charge in [-0.2, -0.15) is 0 Å². The van der Waals surface area contributed by atoms with Crippen molar-refractivity contribution in [3.63, 3.8) is 0 Å². The van der Waals surface area contributed by atoms with Gasteiger partial charge in [0.05, 0.1) is 22.3 Å². The van der Waals surface area contributed by atoms with E-state index in [0.29, 0.717) is 11.2 Å². The summed E-state index contributed by atoms with van der Waals surface area (Å²) in [5.41, 5.74) is 7.72. The average molecular weight is 350 g/mol. The Morgan fingerprint density at radius 3 is 2.38 bits per heavy atom. The molecule has 0 spiro atoms. The molecule has 0 bridgehead atoms. The van der Waals surface area contributed by atoms with Gasteiger partial charge in [-0.25, -0.2) is 0 Å². The molecule has 8 nitrogen and oxygen atoms in total. The monoisotopic (exact) mass is 350 g/mol. The zero-order chi connectivity index (χ0) is 18.7. The number of pyridine rings is 2. The van der Waals surface area contributed by atoms with Crippen molar-refractivity contribution in [3.05, 3.63) is 67.2 Å². The highest BCUT2D eigenvalue weighted by molar-refractivity contribution is 6.23. The molecule has 3 heterocycles. The first-order valence-corrected chi connectivity index (χ1v) is 7.84. The molecule has 0 atom stereocenters. The number of carbonyl (C=O) groups excluding carboxylic acids is 2. The number of rotatable bonds is 1. The molecule has 4 N–H and O–H groups in total. The Morgan fingerprint density at radius 1 is 0.923 bits per heavy atom. The van der Waals surface area contributed by atoms with Gasteiger partial charge in [-0.1, -0.05) is 0 Å². The smallest absolute Gasteiger partial charge is 0.262 e. The normalized spacial score (nSPS) is 13.2. The Labute approximate surface area is 146 Å². The van der Waals surface area contributed by atoms with E-state index in [-0.39, 0.29) is 22.5 Å². The van der Waals surface area contributed by atoms with Gasteiger partial charge >= 0.3 is 0 Å². The first-order valence-electron chi connectivity index (χ1n) is 7.84. The molecule has 1 aromatic carbocycles. The molecule has 3 aromatic rings. The van der Waals surface area contributed by atoms with E-state index >= 15 is 0 Å². The van der Waals surface area contributed by atoms with Crippen LogP contribution in [0.15, 0.2) is 33.9 Å². The number of nitrogens with two attached hydrogens (primary N) is 1. The maximum absolute atomic E-state index is 12.6. The minimum Gasteiger partial charge on any atom is -0.384 e. The van der Waals surface area contributed by atoms with Gasteiger partial charge in [-0.15, -0.1) is 0 Å². The Hall–Kier alpha value is -3.68. The average Bonchev–Trinajstić information content (AvgIpc) is 2.83. The van der Waals surface area contributed by atoms with E-state index in [2.05, 4.69) is 10.3 Å². The van der Waals surface area contributed by atoms with Crippen LogP contribution in [0.2, 0.25) is 0 Å². The zero-order valence-electron chi connectivity index (χ0n) is 14.0. The van der Waals surface area contributed by atoms with Crippen molar-refractivity contribution in [1.29, 1.82) is 0 Å². The van der Waals surface area contributed by atoms with Crippen LogP contribution in [0.5, 0.6) is 0 Å². The summed E-state index contributed by atoms with van der Waals surface area (Å²) in [6, 6.07) is 6.06. The Morgan fingerprint density at radius 2 is 1.65 bits per heavy atom. The molecule has 0 saturated carbocycles. The predicted octanol–water partition coefficient (Wildman–Crippen LogP) is 0.762. The maximum atomic E-state index is 12.6. The molecular formula is C18H14N4O4. The summed E-state index contributed by atoms with van der Waals surface area (Å²) in [6.45, 7) is 3.62. The van der Waals surface area contributed by atoms with E-state index in [0.717, 1.165) is 22.6 Å². The van der Waals surface area contributed by atoms with E-state index in [9.17, 15) is 19.2 Å². The third kappa shape index (κ3) is 2.08. The van der Waals surface area contributed by atoms with Crippen LogP contribution < -0.4 is 22.2 Å². The number of hydrogen-bond acceptors (Lipinski definition) is 5. The molecule has 26 heavy (non-hydrogen) atoms. The molecule has 0 saturated heterocycles. The van der Waals surface area contributed by atoms with Gasteiger partial charge in [0.1, 0.15) is 5.82 Å². The van der Waals surface area contributed by atoms with Crippen molar-refractivity contribution in [1.82, 2.24) is 14.9 Å². The number of benzene rings is 1. The maximum Gasteiger partial charge on any atom is 0.262 e. The number of aromatic nitrogens is 2. The van der Waals surface area contributed by atoms with Crippen LogP contribution in [0, 0.1) is 13.8 Å². The number of fused-ring (bicyclic) bond motifs is 2. The highest BCUT2D eigenvalue weighted by Crippen LogP contribution is 2.27. The van der Waals surface area contributed by atoms with Gasteiger partial charge in [0.2, 0.25) is 5.56 Å². The van der Waals surface area contributed by atoms with Gasteiger partial charge in [-0.3, -0.25) is 29.1 Å². The number of aromatic amines is 1. The van der Waals surface area contributed by atoms with Crippen molar-refractivity contribution in [2.45, 2.75) is 13.8 Å². The molecular weight excluding hydrogens is 336 g/mol. The second kappa shape index (κ2) is 5.16. The van der Waals surface area contributed by atoms with Crippen molar-refractivity contribution in [2.24, 2.45) is 0 Å². The van der Waals surface area contributed by atoms with Crippen molar-refractivity contribution >= 4 is 28.5 Å². The number of aryl methyl sites for hydroxylation is 2. The lowest BCUT2D eigenvalue weighted by Crippen LogP contribution is -2.24. The lowest BCUT2D eigenvalue weighted by molar-refractivity contribution is 0.0880. The van der Waals surface area contributed by atoms with E-state index in [1.54, 1.807) is 13.0 Å². The third-order valence-corrected chi connectivity index (χ3v) is 4.56. The van der Waals surface area contributed by atoms with Gasteiger partial charge < -0.3 is 10.7 Å². The number of H-pyrrole nitrogens is 1. The summed E-state index contributed by atoms with van der Waals surface area (Å²) in [5.74, 6) is -1.40. The molecule has 0 aliphatic carbocycles. The minimum absolute atomic E-state index is 0.0215. The number of nitrogens with zero attached hydrogens (tertiary/aromatic N) is 1. The number of amides is 2. The third-order valence-electron chi connectivity index (χ3n) is 4.56. The van der Waals surface area contributed by atoms with Gasteiger partial charge in [0.15, 0.2) is 0 Å². The quantitative estimate of drug-likeness (QED) is 0.559.